The molecule has 1 aromatic heterocycles. The second-order valence-electron chi connectivity index (χ2n) is 4.39. The molecule has 0 aliphatic heterocycles. The molecule has 7 heteroatoms. The first-order chi connectivity index (χ1) is 9.81. The van der Waals surface area contributed by atoms with Crippen LogP contribution in [0.1, 0.15) is 11.4 Å². The van der Waals surface area contributed by atoms with E-state index in [0.29, 0.717) is 22.9 Å². The van der Waals surface area contributed by atoms with Gasteiger partial charge in [-0.2, -0.15) is 0 Å². The number of aryl methyl sites for hydroxylation is 2. The smallest absolute Gasteiger partial charge is 0.405 e. The van der Waals surface area contributed by atoms with E-state index in [4.69, 9.17) is 0 Å². The SMILES string of the molecule is CNc1nc(C)c(C)nc1-c1ccccc1OC(F)(F)F. The predicted molar refractivity (Wildman–Crippen MR) is 73.2 cm³/mol. The normalized spacial score (nSPS) is 11.3. The van der Waals surface area contributed by atoms with Crippen LogP contribution in [0.4, 0.5) is 19.0 Å². The van der Waals surface area contributed by atoms with E-state index < -0.39 is 6.36 Å². The van der Waals surface area contributed by atoms with Gasteiger partial charge in [0.2, 0.25) is 0 Å². The maximum Gasteiger partial charge on any atom is 0.573 e. The van der Waals surface area contributed by atoms with Gasteiger partial charge in [-0.25, -0.2) is 9.97 Å². The molecule has 0 saturated carbocycles. The van der Waals surface area contributed by atoms with E-state index >= 15 is 0 Å². The average Bonchev–Trinajstić information content (AvgIpc) is 2.40. The molecule has 1 N–H and O–H groups in total. The number of hydrogen-bond donors (Lipinski definition) is 1. The summed E-state index contributed by atoms with van der Waals surface area (Å²) in [6.45, 7) is 3.53. The number of aromatic nitrogens is 2. The third-order valence-corrected chi connectivity index (χ3v) is 2.91. The van der Waals surface area contributed by atoms with Crippen LogP contribution in [0, 0.1) is 13.8 Å². The van der Waals surface area contributed by atoms with Gasteiger partial charge in [-0.3, -0.25) is 0 Å². The number of rotatable bonds is 3. The average molecular weight is 297 g/mol. The zero-order valence-electron chi connectivity index (χ0n) is 11.7. The van der Waals surface area contributed by atoms with Crippen molar-refractivity contribution in [3.63, 3.8) is 0 Å². The lowest BCUT2D eigenvalue weighted by molar-refractivity contribution is -0.274. The maximum absolute atomic E-state index is 12.5. The Morgan fingerprint density at radius 3 is 2.29 bits per heavy atom. The number of hydrogen-bond acceptors (Lipinski definition) is 4. The molecule has 0 bridgehead atoms. The van der Waals surface area contributed by atoms with E-state index in [1.54, 1.807) is 27.0 Å². The van der Waals surface area contributed by atoms with Gasteiger partial charge in [0.25, 0.3) is 0 Å². The highest BCUT2D eigenvalue weighted by Crippen LogP contribution is 2.35. The largest absolute Gasteiger partial charge is 0.573 e. The van der Waals surface area contributed by atoms with Gasteiger partial charge in [0, 0.05) is 12.6 Å². The van der Waals surface area contributed by atoms with Crippen molar-refractivity contribution in [3.8, 4) is 17.0 Å². The fourth-order valence-electron chi connectivity index (χ4n) is 1.84. The van der Waals surface area contributed by atoms with E-state index in [9.17, 15) is 13.2 Å². The van der Waals surface area contributed by atoms with Crippen molar-refractivity contribution in [3.05, 3.63) is 35.7 Å². The Labute approximate surface area is 120 Å². The van der Waals surface area contributed by atoms with Crippen LogP contribution in [-0.4, -0.2) is 23.4 Å². The van der Waals surface area contributed by atoms with E-state index in [-0.39, 0.29) is 11.3 Å². The van der Waals surface area contributed by atoms with Crippen molar-refractivity contribution >= 4 is 5.82 Å². The number of nitrogens with zero attached hydrogens (tertiary/aromatic N) is 2. The highest BCUT2D eigenvalue weighted by molar-refractivity contribution is 5.76. The number of halogens is 3. The molecular weight excluding hydrogens is 283 g/mol. The van der Waals surface area contributed by atoms with Gasteiger partial charge >= 0.3 is 6.36 Å². The number of alkyl halides is 3. The summed E-state index contributed by atoms with van der Waals surface area (Å²) in [7, 11) is 1.63. The lowest BCUT2D eigenvalue weighted by atomic mass is 10.1. The van der Waals surface area contributed by atoms with Gasteiger partial charge in [-0.15, -0.1) is 13.2 Å². The molecule has 2 rings (SSSR count). The summed E-state index contributed by atoms with van der Waals surface area (Å²) in [4.78, 5) is 8.63. The summed E-state index contributed by atoms with van der Waals surface area (Å²) in [5, 5.41) is 2.84. The van der Waals surface area contributed by atoms with Crippen molar-refractivity contribution in [2.45, 2.75) is 20.2 Å². The van der Waals surface area contributed by atoms with Crippen molar-refractivity contribution < 1.29 is 17.9 Å². The van der Waals surface area contributed by atoms with Crippen molar-refractivity contribution in [1.82, 2.24) is 9.97 Å². The fraction of sp³-hybridized carbons (Fsp3) is 0.286. The van der Waals surface area contributed by atoms with Crippen LogP contribution in [0.2, 0.25) is 0 Å². The summed E-state index contributed by atoms with van der Waals surface area (Å²) in [5.74, 6) is 0.0929. The molecule has 0 aliphatic rings. The predicted octanol–water partition coefficient (Wildman–Crippen LogP) is 3.70. The lowest BCUT2D eigenvalue weighted by Gasteiger charge is -2.15. The molecule has 0 radical (unpaired) electrons. The summed E-state index contributed by atoms with van der Waals surface area (Å²) in [6, 6.07) is 5.85. The van der Waals surface area contributed by atoms with Gasteiger partial charge in [-0.05, 0) is 26.0 Å². The summed E-state index contributed by atoms with van der Waals surface area (Å²) in [6.07, 6.45) is -4.76. The van der Waals surface area contributed by atoms with Crippen LogP contribution >= 0.6 is 0 Å². The Hall–Kier alpha value is -2.31. The molecule has 112 valence electrons. The first-order valence-electron chi connectivity index (χ1n) is 6.20. The molecule has 0 aliphatic carbocycles. The zero-order valence-corrected chi connectivity index (χ0v) is 11.7. The van der Waals surface area contributed by atoms with Gasteiger partial charge in [0.15, 0.2) is 5.82 Å². The molecule has 0 atom stereocenters. The molecule has 1 aromatic carbocycles. The maximum atomic E-state index is 12.5. The molecule has 0 fully saturated rings. The summed E-state index contributed by atoms with van der Waals surface area (Å²) < 4.78 is 41.5. The highest BCUT2D eigenvalue weighted by Gasteiger charge is 2.32. The minimum absolute atomic E-state index is 0.231. The van der Waals surface area contributed by atoms with Crippen LogP contribution in [0.15, 0.2) is 24.3 Å². The summed E-state index contributed by atoms with van der Waals surface area (Å²) in [5.41, 5.74) is 1.90. The highest BCUT2D eigenvalue weighted by atomic mass is 19.4. The molecule has 0 spiro atoms. The lowest BCUT2D eigenvalue weighted by Crippen LogP contribution is -2.18. The Balaban J connectivity index is 2.59. The second-order valence-corrected chi connectivity index (χ2v) is 4.39. The standard InChI is InChI=1S/C14H14F3N3O/c1-8-9(2)20-13(18-3)12(19-8)10-6-4-5-7-11(10)21-14(15,16)17/h4-7H,1-3H3,(H,18,20). The number of anilines is 1. The third-order valence-electron chi connectivity index (χ3n) is 2.91. The Kier molecular flexibility index (Phi) is 4.02. The van der Waals surface area contributed by atoms with Crippen molar-refractivity contribution in [2.75, 3.05) is 12.4 Å². The van der Waals surface area contributed by atoms with E-state index in [1.807, 2.05) is 0 Å². The number of ether oxygens (including phenoxy) is 1. The first-order valence-corrected chi connectivity index (χ1v) is 6.20. The minimum Gasteiger partial charge on any atom is -0.405 e. The molecular formula is C14H14F3N3O. The second kappa shape index (κ2) is 5.59. The van der Waals surface area contributed by atoms with Crippen molar-refractivity contribution in [1.29, 1.82) is 0 Å². The minimum atomic E-state index is -4.76. The van der Waals surface area contributed by atoms with E-state index in [1.165, 1.54) is 18.2 Å². The number of nitrogens with one attached hydrogen (secondary N) is 1. The monoisotopic (exact) mass is 297 g/mol. The third kappa shape index (κ3) is 3.42. The number of benzene rings is 1. The molecule has 2 aromatic rings. The first kappa shape index (κ1) is 15.1. The summed E-state index contributed by atoms with van der Waals surface area (Å²) >= 11 is 0. The zero-order chi connectivity index (χ0) is 15.6. The molecule has 0 unspecified atom stereocenters. The van der Waals surface area contributed by atoms with Crippen molar-refractivity contribution in [2.24, 2.45) is 0 Å². The molecule has 21 heavy (non-hydrogen) atoms. The van der Waals surface area contributed by atoms with Crippen LogP contribution in [0.5, 0.6) is 5.75 Å². The molecule has 1 heterocycles. The van der Waals surface area contributed by atoms with Crippen LogP contribution < -0.4 is 10.1 Å². The van der Waals surface area contributed by atoms with Crippen LogP contribution in [-0.2, 0) is 0 Å². The van der Waals surface area contributed by atoms with Crippen LogP contribution in [0.25, 0.3) is 11.3 Å². The van der Waals surface area contributed by atoms with E-state index in [2.05, 4.69) is 20.0 Å². The van der Waals surface area contributed by atoms with Gasteiger partial charge < -0.3 is 10.1 Å². The molecule has 4 nitrogen and oxygen atoms in total. The van der Waals surface area contributed by atoms with Gasteiger partial charge in [0.05, 0.1) is 11.4 Å². The quantitative estimate of drug-likeness (QED) is 0.938. The van der Waals surface area contributed by atoms with Crippen LogP contribution in [0.3, 0.4) is 0 Å². The Morgan fingerprint density at radius 1 is 1.05 bits per heavy atom. The molecule has 0 saturated heterocycles. The van der Waals surface area contributed by atoms with Gasteiger partial charge in [-0.1, -0.05) is 12.1 Å². The van der Waals surface area contributed by atoms with E-state index in [0.717, 1.165) is 0 Å². The van der Waals surface area contributed by atoms with Gasteiger partial charge in [0.1, 0.15) is 11.4 Å². The number of para-hydroxylation sites is 1. The Morgan fingerprint density at radius 2 is 1.67 bits per heavy atom. The topological polar surface area (TPSA) is 47.0 Å². The fourth-order valence-corrected chi connectivity index (χ4v) is 1.84. The molecule has 0 amide bonds. The Bertz CT molecular complexity index is 656.